The van der Waals surface area contributed by atoms with Crippen LogP contribution in [-0.2, 0) is 14.8 Å². The van der Waals surface area contributed by atoms with Crippen LogP contribution in [0.5, 0.6) is 0 Å². The summed E-state index contributed by atoms with van der Waals surface area (Å²) >= 11 is 5.15. The van der Waals surface area contributed by atoms with Crippen molar-refractivity contribution in [1.29, 1.82) is 0 Å². The predicted molar refractivity (Wildman–Crippen MR) is 53.3 cm³/mol. The Hall–Kier alpha value is -0.100. The molecule has 0 spiro atoms. The largest absolute Gasteiger partial charge is 0.376 e. The van der Waals surface area contributed by atoms with Crippen LogP contribution < -0.4 is 4.72 Å². The molecule has 1 N–H and O–H groups in total. The average molecular weight is 228 g/mol. The van der Waals surface area contributed by atoms with Gasteiger partial charge in [0.1, 0.15) is 5.21 Å². The van der Waals surface area contributed by atoms with E-state index >= 15 is 0 Å². The first-order valence-electron chi connectivity index (χ1n) is 3.73. The van der Waals surface area contributed by atoms with Gasteiger partial charge >= 0.3 is 0 Å². The molecule has 0 aromatic rings. The van der Waals surface area contributed by atoms with E-state index in [1.165, 1.54) is 0 Å². The number of halogens is 1. The van der Waals surface area contributed by atoms with Crippen molar-refractivity contribution in [3.8, 4) is 0 Å². The standard InChI is InChI=1S/C7H14ClNO3S/c1-7(2)5-12-4-3-9-13(10,11)6-8/h9H,1,3-6H2,2H3. The van der Waals surface area contributed by atoms with Crippen molar-refractivity contribution in [2.75, 3.05) is 25.0 Å². The number of sulfonamides is 1. The summed E-state index contributed by atoms with van der Waals surface area (Å²) in [6.07, 6.45) is 0. The van der Waals surface area contributed by atoms with Crippen molar-refractivity contribution < 1.29 is 13.2 Å². The van der Waals surface area contributed by atoms with Crippen molar-refractivity contribution in [3.63, 3.8) is 0 Å². The molecule has 0 saturated heterocycles. The Morgan fingerprint density at radius 3 is 2.69 bits per heavy atom. The summed E-state index contributed by atoms with van der Waals surface area (Å²) in [6.45, 7) is 6.48. The molecule has 0 aliphatic carbocycles. The summed E-state index contributed by atoms with van der Waals surface area (Å²) in [5, 5.41) is -0.423. The van der Waals surface area contributed by atoms with Crippen LogP contribution in [0.25, 0.3) is 0 Å². The van der Waals surface area contributed by atoms with Gasteiger partial charge < -0.3 is 4.74 Å². The highest BCUT2D eigenvalue weighted by atomic mass is 35.5. The fourth-order valence-electron chi connectivity index (χ4n) is 0.554. The second-order valence-electron chi connectivity index (χ2n) is 2.63. The van der Waals surface area contributed by atoms with Crippen LogP contribution in [0.15, 0.2) is 12.2 Å². The number of nitrogens with one attached hydrogen (secondary N) is 1. The van der Waals surface area contributed by atoms with Crippen LogP contribution in [-0.4, -0.2) is 33.4 Å². The first-order chi connectivity index (χ1) is 5.98. The van der Waals surface area contributed by atoms with Crippen LogP contribution >= 0.6 is 11.6 Å². The van der Waals surface area contributed by atoms with Crippen molar-refractivity contribution in [3.05, 3.63) is 12.2 Å². The normalized spacial score (nSPS) is 11.5. The molecule has 13 heavy (non-hydrogen) atoms. The Morgan fingerprint density at radius 1 is 1.62 bits per heavy atom. The molecule has 0 aromatic carbocycles. The molecule has 4 nitrogen and oxygen atoms in total. The fourth-order valence-corrected chi connectivity index (χ4v) is 1.26. The molecule has 0 atom stereocenters. The first kappa shape index (κ1) is 12.9. The van der Waals surface area contributed by atoms with E-state index in [4.69, 9.17) is 16.3 Å². The van der Waals surface area contributed by atoms with E-state index in [9.17, 15) is 8.42 Å². The lowest BCUT2D eigenvalue weighted by atomic mass is 10.4. The van der Waals surface area contributed by atoms with Gasteiger partial charge in [0.15, 0.2) is 0 Å². The van der Waals surface area contributed by atoms with Crippen LogP contribution in [0.4, 0.5) is 0 Å². The average Bonchev–Trinajstić information content (AvgIpc) is 2.03. The Bertz CT molecular complexity index is 250. The molecule has 0 aliphatic heterocycles. The minimum absolute atomic E-state index is 0.238. The summed E-state index contributed by atoms with van der Waals surface area (Å²) in [5.41, 5.74) is 0.903. The van der Waals surface area contributed by atoms with Gasteiger partial charge in [0.05, 0.1) is 13.2 Å². The van der Waals surface area contributed by atoms with Crippen LogP contribution in [0, 0.1) is 0 Å². The maximum absolute atomic E-state index is 10.8. The second kappa shape index (κ2) is 6.37. The van der Waals surface area contributed by atoms with E-state index < -0.39 is 15.2 Å². The van der Waals surface area contributed by atoms with E-state index in [2.05, 4.69) is 11.3 Å². The zero-order valence-electron chi connectivity index (χ0n) is 7.55. The molecule has 0 heterocycles. The van der Waals surface area contributed by atoms with Gasteiger partial charge in [0.2, 0.25) is 10.0 Å². The maximum Gasteiger partial charge on any atom is 0.225 e. The maximum atomic E-state index is 10.8. The number of hydrogen-bond donors (Lipinski definition) is 1. The highest BCUT2D eigenvalue weighted by Gasteiger charge is 2.05. The molecule has 0 saturated carbocycles. The van der Waals surface area contributed by atoms with Crippen molar-refractivity contribution in [2.45, 2.75) is 6.92 Å². The van der Waals surface area contributed by atoms with E-state index in [1.54, 1.807) is 0 Å². The Kier molecular flexibility index (Phi) is 6.32. The monoisotopic (exact) mass is 227 g/mol. The quantitative estimate of drug-likeness (QED) is 0.396. The second-order valence-corrected chi connectivity index (χ2v) is 5.02. The van der Waals surface area contributed by atoms with Crippen LogP contribution in [0.2, 0.25) is 0 Å². The molecule has 0 rings (SSSR count). The summed E-state index contributed by atoms with van der Waals surface area (Å²) in [7, 11) is -3.31. The van der Waals surface area contributed by atoms with Crippen molar-refractivity contribution in [1.82, 2.24) is 4.72 Å². The van der Waals surface area contributed by atoms with Gasteiger partial charge in [-0.25, -0.2) is 13.1 Å². The lowest BCUT2D eigenvalue weighted by Gasteiger charge is -2.04. The van der Waals surface area contributed by atoms with Crippen LogP contribution in [0.1, 0.15) is 6.92 Å². The van der Waals surface area contributed by atoms with Gasteiger partial charge in [-0.3, -0.25) is 0 Å². The predicted octanol–water partition coefficient (Wildman–Crippen LogP) is 0.695. The zero-order chi connectivity index (χ0) is 10.3. The summed E-state index contributed by atoms with van der Waals surface area (Å²) < 4.78 is 28.9. The third kappa shape index (κ3) is 8.24. The highest BCUT2D eigenvalue weighted by molar-refractivity contribution is 7.90. The lowest BCUT2D eigenvalue weighted by Crippen LogP contribution is -2.28. The number of rotatable bonds is 7. The topological polar surface area (TPSA) is 55.4 Å². The SMILES string of the molecule is C=C(C)COCCNS(=O)(=O)CCl. The minimum Gasteiger partial charge on any atom is -0.376 e. The zero-order valence-corrected chi connectivity index (χ0v) is 9.12. The lowest BCUT2D eigenvalue weighted by molar-refractivity contribution is 0.162. The van der Waals surface area contributed by atoms with E-state index in [0.717, 1.165) is 5.57 Å². The molecular formula is C7H14ClNO3S. The number of ether oxygens (including phenoxy) is 1. The third-order valence-corrected chi connectivity index (χ3v) is 2.85. The van der Waals surface area contributed by atoms with E-state index in [1.807, 2.05) is 6.92 Å². The molecule has 0 amide bonds. The summed E-state index contributed by atoms with van der Waals surface area (Å²) in [5.74, 6) is 0. The molecule has 0 bridgehead atoms. The molecule has 0 radical (unpaired) electrons. The molecule has 0 unspecified atom stereocenters. The molecular weight excluding hydrogens is 214 g/mol. The summed E-state index contributed by atoms with van der Waals surface area (Å²) in [4.78, 5) is 0. The van der Waals surface area contributed by atoms with E-state index in [-0.39, 0.29) is 6.54 Å². The van der Waals surface area contributed by atoms with Gasteiger partial charge in [0, 0.05) is 6.54 Å². The third-order valence-electron chi connectivity index (χ3n) is 1.06. The van der Waals surface area contributed by atoms with E-state index in [0.29, 0.717) is 13.2 Å². The minimum atomic E-state index is -3.31. The van der Waals surface area contributed by atoms with Crippen molar-refractivity contribution >= 4 is 21.6 Å². The number of hydrogen-bond acceptors (Lipinski definition) is 3. The molecule has 0 aromatic heterocycles. The van der Waals surface area contributed by atoms with Gasteiger partial charge in [0.25, 0.3) is 0 Å². The Labute approximate surface area is 84.0 Å². The number of alkyl halides is 1. The Morgan fingerprint density at radius 2 is 2.23 bits per heavy atom. The first-order valence-corrected chi connectivity index (χ1v) is 5.92. The van der Waals surface area contributed by atoms with Gasteiger partial charge in [-0.15, -0.1) is 11.6 Å². The van der Waals surface area contributed by atoms with Gasteiger partial charge in [-0.05, 0) is 6.92 Å². The summed E-state index contributed by atoms with van der Waals surface area (Å²) in [6, 6.07) is 0. The highest BCUT2D eigenvalue weighted by Crippen LogP contribution is 1.89. The fraction of sp³-hybridized carbons (Fsp3) is 0.714. The molecule has 0 fully saturated rings. The van der Waals surface area contributed by atoms with Crippen LogP contribution in [0.3, 0.4) is 0 Å². The van der Waals surface area contributed by atoms with Gasteiger partial charge in [-0.1, -0.05) is 12.2 Å². The molecule has 78 valence electrons. The Balaban J connectivity index is 3.42. The van der Waals surface area contributed by atoms with Crippen molar-refractivity contribution in [2.24, 2.45) is 0 Å². The smallest absolute Gasteiger partial charge is 0.225 e. The molecule has 0 aliphatic rings. The van der Waals surface area contributed by atoms with Gasteiger partial charge in [-0.2, -0.15) is 0 Å². The molecule has 6 heteroatoms.